The predicted octanol–water partition coefficient (Wildman–Crippen LogP) is 3.59. The lowest BCUT2D eigenvalue weighted by Crippen LogP contribution is -2.43. The second kappa shape index (κ2) is 5.33. The van der Waals surface area contributed by atoms with E-state index in [1.807, 2.05) is 35.2 Å². The highest BCUT2D eigenvalue weighted by Crippen LogP contribution is 2.48. The van der Waals surface area contributed by atoms with Crippen molar-refractivity contribution in [2.24, 2.45) is 11.1 Å². The average Bonchev–Trinajstić information content (AvgIpc) is 3.16. The van der Waals surface area contributed by atoms with Crippen molar-refractivity contribution < 1.29 is 9.63 Å². The summed E-state index contributed by atoms with van der Waals surface area (Å²) in [7, 11) is 0. The Morgan fingerprint density at radius 1 is 1.16 bits per heavy atom. The molecule has 0 N–H and O–H groups in total. The minimum atomic E-state index is -0.347. The maximum absolute atomic E-state index is 13.2. The molecule has 5 rings (SSSR count). The summed E-state index contributed by atoms with van der Waals surface area (Å²) in [5, 5.41) is 4.95. The Balaban J connectivity index is 1.58. The largest absolute Gasteiger partial charge is 0.388 e. The highest BCUT2D eigenvalue weighted by Gasteiger charge is 2.58. The first-order chi connectivity index (χ1) is 12.1. The maximum Gasteiger partial charge on any atom is 0.236 e. The zero-order chi connectivity index (χ0) is 17.1. The average molecular weight is 353 g/mol. The van der Waals surface area contributed by atoms with Gasteiger partial charge in [0, 0.05) is 16.6 Å². The lowest BCUT2D eigenvalue weighted by Gasteiger charge is -2.38. The van der Waals surface area contributed by atoms with Gasteiger partial charge in [-0.05, 0) is 36.6 Å². The van der Waals surface area contributed by atoms with Crippen molar-refractivity contribution in [2.45, 2.75) is 31.5 Å². The zero-order valence-electron chi connectivity index (χ0n) is 13.7. The third-order valence-electron chi connectivity index (χ3n) is 5.53. The highest BCUT2D eigenvalue weighted by molar-refractivity contribution is 6.30. The summed E-state index contributed by atoms with van der Waals surface area (Å²) in [5.41, 5.74) is 4.10. The Morgan fingerprint density at radius 3 is 2.72 bits per heavy atom. The molecule has 0 spiro atoms. The Morgan fingerprint density at radius 2 is 1.92 bits per heavy atom. The van der Waals surface area contributed by atoms with Gasteiger partial charge in [0.1, 0.15) is 11.6 Å². The second-order valence-electron chi connectivity index (χ2n) is 6.97. The number of oxime groups is 1. The fraction of sp³-hybridized carbons (Fsp3) is 0.300. The molecule has 0 unspecified atom stereocenters. The Hall–Kier alpha value is -2.33. The van der Waals surface area contributed by atoms with Crippen LogP contribution in [0.1, 0.15) is 29.7 Å². The smallest absolute Gasteiger partial charge is 0.236 e. The molecule has 0 bridgehead atoms. The normalized spacial score (nSPS) is 29.6. The van der Waals surface area contributed by atoms with Gasteiger partial charge in [-0.1, -0.05) is 53.2 Å². The first-order valence-corrected chi connectivity index (χ1v) is 8.92. The number of fused-ring (bicyclic) bond motifs is 5. The van der Waals surface area contributed by atoms with E-state index in [-0.39, 0.29) is 30.0 Å². The summed E-state index contributed by atoms with van der Waals surface area (Å²) in [5.74, 6) is -0.233. The summed E-state index contributed by atoms with van der Waals surface area (Å²) < 4.78 is 0. The van der Waals surface area contributed by atoms with Gasteiger partial charge in [0.15, 0.2) is 6.10 Å². The minimum absolute atomic E-state index is 0.0639. The number of carbonyl (C=O) groups is 1. The van der Waals surface area contributed by atoms with Crippen molar-refractivity contribution in [2.75, 3.05) is 0 Å². The van der Waals surface area contributed by atoms with Gasteiger partial charge in [-0.3, -0.25) is 4.79 Å². The Kier molecular flexibility index (Phi) is 3.19. The SMILES string of the molecule is C[C@H]1Cc2ccccc2[C@@H]2[C@@H]3ON=C(c4ccc(Cl)cc4)[C@@H]3C(=O)N21. The lowest BCUT2D eigenvalue weighted by atomic mass is 9.86. The van der Waals surface area contributed by atoms with E-state index in [0.29, 0.717) is 10.7 Å². The van der Waals surface area contributed by atoms with Gasteiger partial charge < -0.3 is 9.74 Å². The van der Waals surface area contributed by atoms with Gasteiger partial charge >= 0.3 is 0 Å². The van der Waals surface area contributed by atoms with Crippen LogP contribution in [0.4, 0.5) is 0 Å². The number of carbonyl (C=O) groups excluding carboxylic acids is 1. The molecule has 0 aliphatic carbocycles. The Labute approximate surface area is 151 Å². The van der Waals surface area contributed by atoms with Gasteiger partial charge in [-0.2, -0.15) is 0 Å². The number of benzene rings is 2. The molecule has 1 saturated heterocycles. The van der Waals surface area contributed by atoms with Crippen molar-refractivity contribution in [1.29, 1.82) is 0 Å². The van der Waals surface area contributed by atoms with E-state index in [0.717, 1.165) is 12.0 Å². The van der Waals surface area contributed by atoms with Crippen molar-refractivity contribution in [3.63, 3.8) is 0 Å². The number of amides is 1. The summed E-state index contributed by atoms with van der Waals surface area (Å²) in [6, 6.07) is 15.9. The molecule has 25 heavy (non-hydrogen) atoms. The predicted molar refractivity (Wildman–Crippen MR) is 95.5 cm³/mol. The van der Waals surface area contributed by atoms with Crippen LogP contribution >= 0.6 is 11.6 Å². The van der Waals surface area contributed by atoms with Crippen molar-refractivity contribution >= 4 is 23.2 Å². The fourth-order valence-corrected chi connectivity index (χ4v) is 4.57. The van der Waals surface area contributed by atoms with Crippen LogP contribution in [-0.4, -0.2) is 28.7 Å². The number of nitrogens with zero attached hydrogens (tertiary/aromatic N) is 2. The van der Waals surface area contributed by atoms with Crippen LogP contribution in [0.25, 0.3) is 0 Å². The molecule has 126 valence electrons. The zero-order valence-corrected chi connectivity index (χ0v) is 14.5. The number of hydrogen-bond acceptors (Lipinski definition) is 3. The summed E-state index contributed by atoms with van der Waals surface area (Å²) in [6.45, 7) is 2.11. The van der Waals surface area contributed by atoms with E-state index >= 15 is 0 Å². The van der Waals surface area contributed by atoms with Crippen molar-refractivity contribution in [1.82, 2.24) is 4.90 Å². The quantitative estimate of drug-likeness (QED) is 0.787. The first kappa shape index (κ1) is 15.0. The molecule has 1 fully saturated rings. The van der Waals surface area contributed by atoms with Crippen LogP contribution in [0.5, 0.6) is 0 Å². The summed E-state index contributed by atoms with van der Waals surface area (Å²) in [6.07, 6.45) is 0.618. The molecule has 0 saturated carbocycles. The van der Waals surface area contributed by atoms with Crippen molar-refractivity contribution in [3.8, 4) is 0 Å². The van der Waals surface area contributed by atoms with Crippen LogP contribution in [0.2, 0.25) is 5.02 Å². The van der Waals surface area contributed by atoms with Gasteiger partial charge in [0.05, 0.1) is 6.04 Å². The van der Waals surface area contributed by atoms with Crippen molar-refractivity contribution in [3.05, 3.63) is 70.2 Å². The first-order valence-electron chi connectivity index (χ1n) is 8.55. The standard InChI is InChI=1S/C20H17ClN2O2/c1-11-10-13-4-2-3-5-15(13)18-19-16(20(24)23(11)18)17(22-25-19)12-6-8-14(21)9-7-12/h2-9,11,16,18-19H,10H2,1H3/t11-,16-,18+,19+/m0/s1. The van der Waals surface area contributed by atoms with Gasteiger partial charge in [0.25, 0.3) is 0 Å². The topological polar surface area (TPSA) is 41.9 Å². The molecule has 1 amide bonds. The van der Waals surface area contributed by atoms with E-state index in [1.165, 1.54) is 11.1 Å². The van der Waals surface area contributed by atoms with Crippen LogP contribution in [-0.2, 0) is 16.1 Å². The van der Waals surface area contributed by atoms with E-state index in [1.54, 1.807) is 0 Å². The molecule has 3 heterocycles. The molecule has 0 aromatic heterocycles. The second-order valence-corrected chi connectivity index (χ2v) is 7.41. The molecular weight excluding hydrogens is 336 g/mol. The van der Waals surface area contributed by atoms with E-state index in [4.69, 9.17) is 16.4 Å². The van der Waals surface area contributed by atoms with Crippen LogP contribution in [0, 0.1) is 5.92 Å². The molecule has 4 nitrogen and oxygen atoms in total. The molecule has 2 aromatic rings. The number of rotatable bonds is 1. The Bertz CT molecular complexity index is 893. The fourth-order valence-electron chi connectivity index (χ4n) is 4.44. The molecule has 2 aromatic carbocycles. The van der Waals surface area contributed by atoms with E-state index in [2.05, 4.69) is 30.3 Å². The third-order valence-corrected chi connectivity index (χ3v) is 5.78. The maximum atomic E-state index is 13.2. The molecule has 0 radical (unpaired) electrons. The molecule has 3 aliphatic rings. The van der Waals surface area contributed by atoms with Crippen LogP contribution < -0.4 is 0 Å². The highest BCUT2D eigenvalue weighted by atomic mass is 35.5. The number of hydrogen-bond donors (Lipinski definition) is 0. The third kappa shape index (κ3) is 2.07. The van der Waals surface area contributed by atoms with Crippen LogP contribution in [0.3, 0.4) is 0 Å². The minimum Gasteiger partial charge on any atom is -0.388 e. The summed E-state index contributed by atoms with van der Waals surface area (Å²) >= 11 is 5.99. The van der Waals surface area contributed by atoms with Gasteiger partial charge in [-0.25, -0.2) is 0 Å². The monoisotopic (exact) mass is 352 g/mol. The van der Waals surface area contributed by atoms with E-state index in [9.17, 15) is 4.79 Å². The van der Waals surface area contributed by atoms with Gasteiger partial charge in [-0.15, -0.1) is 0 Å². The molecule has 4 atom stereocenters. The lowest BCUT2D eigenvalue weighted by molar-refractivity contribution is -0.132. The molecule has 3 aliphatic heterocycles. The molecule has 5 heteroatoms. The summed E-state index contributed by atoms with van der Waals surface area (Å²) in [4.78, 5) is 21.0. The van der Waals surface area contributed by atoms with Crippen LogP contribution in [0.15, 0.2) is 53.7 Å². The molecular formula is C20H17ClN2O2. The number of halogens is 1. The van der Waals surface area contributed by atoms with Gasteiger partial charge in [0.2, 0.25) is 5.91 Å². The van der Waals surface area contributed by atoms with E-state index < -0.39 is 0 Å².